The first-order valence-electron chi connectivity index (χ1n) is 3.90. The summed E-state index contributed by atoms with van der Waals surface area (Å²) >= 11 is 1.34. The van der Waals surface area contributed by atoms with Crippen LogP contribution in [0.2, 0.25) is 0 Å². The van der Waals surface area contributed by atoms with Crippen LogP contribution in [-0.4, -0.2) is 16.9 Å². The Morgan fingerprint density at radius 1 is 1.62 bits per heavy atom. The second-order valence-corrected chi connectivity index (χ2v) is 3.79. The molecule has 0 amide bonds. The van der Waals surface area contributed by atoms with Crippen molar-refractivity contribution >= 4 is 23.1 Å². The molecule has 13 heavy (non-hydrogen) atoms. The zero-order valence-corrected chi connectivity index (χ0v) is 8.00. The fourth-order valence-corrected chi connectivity index (χ4v) is 1.58. The van der Waals surface area contributed by atoms with Crippen LogP contribution in [0.5, 0.6) is 0 Å². The lowest BCUT2D eigenvalue weighted by atomic mass is 10.0. The second-order valence-electron chi connectivity index (χ2n) is 2.84. The molecule has 4 heteroatoms. The summed E-state index contributed by atoms with van der Waals surface area (Å²) in [6.45, 7) is 1.54. The Labute approximate surface area is 80.0 Å². The first kappa shape index (κ1) is 9.92. The molecule has 0 aromatic carbocycles. The Bertz CT molecular complexity index is 303. The van der Waals surface area contributed by atoms with Gasteiger partial charge in [0.2, 0.25) is 0 Å². The van der Waals surface area contributed by atoms with Crippen LogP contribution < -0.4 is 0 Å². The van der Waals surface area contributed by atoms with E-state index in [9.17, 15) is 9.59 Å². The minimum atomic E-state index is -0.926. The molecule has 0 aliphatic carbocycles. The van der Waals surface area contributed by atoms with Gasteiger partial charge >= 0.3 is 5.97 Å². The Kier molecular flexibility index (Phi) is 3.19. The lowest BCUT2D eigenvalue weighted by molar-refractivity contribution is -0.141. The molecule has 1 aromatic rings. The van der Waals surface area contributed by atoms with E-state index < -0.39 is 11.9 Å². The van der Waals surface area contributed by atoms with Crippen LogP contribution in [0.15, 0.2) is 17.5 Å². The van der Waals surface area contributed by atoms with E-state index in [2.05, 4.69) is 0 Å². The molecule has 0 saturated heterocycles. The lowest BCUT2D eigenvalue weighted by Gasteiger charge is -2.02. The van der Waals surface area contributed by atoms with Crippen molar-refractivity contribution in [2.45, 2.75) is 13.3 Å². The summed E-state index contributed by atoms with van der Waals surface area (Å²) in [5.41, 5.74) is 0. The third-order valence-electron chi connectivity index (χ3n) is 1.71. The first-order chi connectivity index (χ1) is 6.11. The van der Waals surface area contributed by atoms with Crippen molar-refractivity contribution in [3.8, 4) is 0 Å². The van der Waals surface area contributed by atoms with Crippen LogP contribution >= 0.6 is 11.3 Å². The number of carbonyl (C=O) groups is 2. The molecule has 0 aliphatic heterocycles. The minimum absolute atomic E-state index is 0.0792. The van der Waals surface area contributed by atoms with Gasteiger partial charge in [0.05, 0.1) is 10.8 Å². The average Bonchev–Trinajstić information content (AvgIpc) is 2.55. The molecular formula is C9H10O3S. The summed E-state index contributed by atoms with van der Waals surface area (Å²) in [4.78, 5) is 22.5. The van der Waals surface area contributed by atoms with Crippen LogP contribution in [0.1, 0.15) is 23.0 Å². The summed E-state index contributed by atoms with van der Waals surface area (Å²) < 4.78 is 0. The third-order valence-corrected chi connectivity index (χ3v) is 2.62. The molecule has 1 atom stereocenters. The normalized spacial score (nSPS) is 12.4. The summed E-state index contributed by atoms with van der Waals surface area (Å²) in [5.74, 6) is -1.62. The Hall–Kier alpha value is -1.16. The number of carbonyl (C=O) groups excluding carboxylic acids is 1. The SMILES string of the molecule is C[C@@H](CC(=O)c1cccs1)C(=O)O. The van der Waals surface area contributed by atoms with Crippen LogP contribution in [0, 0.1) is 5.92 Å². The topological polar surface area (TPSA) is 54.4 Å². The van der Waals surface area contributed by atoms with Gasteiger partial charge < -0.3 is 5.11 Å². The van der Waals surface area contributed by atoms with Gasteiger partial charge in [0, 0.05) is 6.42 Å². The van der Waals surface area contributed by atoms with Gasteiger partial charge in [-0.2, -0.15) is 0 Å². The summed E-state index contributed by atoms with van der Waals surface area (Å²) in [6, 6.07) is 3.49. The number of ketones is 1. The van der Waals surface area contributed by atoms with Gasteiger partial charge in [0.15, 0.2) is 5.78 Å². The van der Waals surface area contributed by atoms with Crippen molar-refractivity contribution in [2.24, 2.45) is 5.92 Å². The molecule has 1 heterocycles. The molecule has 0 saturated carbocycles. The van der Waals surface area contributed by atoms with Gasteiger partial charge in [0.1, 0.15) is 0 Å². The molecule has 0 radical (unpaired) electrons. The van der Waals surface area contributed by atoms with Crippen LogP contribution in [0.25, 0.3) is 0 Å². The molecule has 3 nitrogen and oxygen atoms in total. The maximum absolute atomic E-state index is 11.4. The van der Waals surface area contributed by atoms with Crippen LogP contribution in [-0.2, 0) is 4.79 Å². The highest BCUT2D eigenvalue weighted by Gasteiger charge is 2.17. The number of hydrogen-bond acceptors (Lipinski definition) is 3. The van der Waals surface area contributed by atoms with Gasteiger partial charge in [-0.25, -0.2) is 0 Å². The third kappa shape index (κ3) is 2.66. The van der Waals surface area contributed by atoms with Gasteiger partial charge in [0.25, 0.3) is 0 Å². The highest BCUT2D eigenvalue weighted by atomic mass is 32.1. The number of carboxylic acid groups (broad SMARTS) is 1. The number of rotatable bonds is 4. The minimum Gasteiger partial charge on any atom is -0.481 e. The van der Waals surface area contributed by atoms with Crippen molar-refractivity contribution in [3.05, 3.63) is 22.4 Å². The van der Waals surface area contributed by atoms with Crippen LogP contribution in [0.3, 0.4) is 0 Å². The fraction of sp³-hybridized carbons (Fsp3) is 0.333. The highest BCUT2D eigenvalue weighted by molar-refractivity contribution is 7.12. The predicted octanol–water partition coefficient (Wildman–Crippen LogP) is 2.04. The van der Waals surface area contributed by atoms with E-state index in [-0.39, 0.29) is 12.2 Å². The Balaban J connectivity index is 2.56. The van der Waals surface area contributed by atoms with E-state index in [1.54, 1.807) is 17.5 Å². The van der Waals surface area contributed by atoms with Crippen molar-refractivity contribution in [3.63, 3.8) is 0 Å². The van der Waals surface area contributed by atoms with Crippen LogP contribution in [0.4, 0.5) is 0 Å². The Morgan fingerprint density at radius 2 is 2.31 bits per heavy atom. The van der Waals surface area contributed by atoms with Gasteiger partial charge in [-0.05, 0) is 11.4 Å². The van der Waals surface area contributed by atoms with Gasteiger partial charge in [-0.15, -0.1) is 11.3 Å². The molecule has 1 aromatic heterocycles. The van der Waals surface area contributed by atoms with Crippen molar-refractivity contribution < 1.29 is 14.7 Å². The van der Waals surface area contributed by atoms with E-state index >= 15 is 0 Å². The Morgan fingerprint density at radius 3 is 2.77 bits per heavy atom. The largest absolute Gasteiger partial charge is 0.481 e. The molecule has 0 fully saturated rings. The molecule has 0 spiro atoms. The van der Waals surface area contributed by atoms with E-state index in [0.29, 0.717) is 4.88 Å². The summed E-state index contributed by atoms with van der Waals surface area (Å²) in [6.07, 6.45) is 0.0792. The molecule has 70 valence electrons. The summed E-state index contributed by atoms with van der Waals surface area (Å²) in [5, 5.41) is 10.4. The molecule has 1 N–H and O–H groups in total. The predicted molar refractivity (Wildman–Crippen MR) is 50.1 cm³/mol. The number of aliphatic carboxylic acids is 1. The number of Topliss-reactive ketones (excluding diaryl/α,β-unsaturated/α-hetero) is 1. The second kappa shape index (κ2) is 4.18. The van der Waals surface area contributed by atoms with E-state index in [1.165, 1.54) is 18.3 Å². The van der Waals surface area contributed by atoms with Gasteiger partial charge in [-0.3, -0.25) is 9.59 Å². The quantitative estimate of drug-likeness (QED) is 0.753. The first-order valence-corrected chi connectivity index (χ1v) is 4.78. The van der Waals surface area contributed by atoms with Crippen molar-refractivity contribution in [1.82, 2.24) is 0 Å². The van der Waals surface area contributed by atoms with Crippen molar-refractivity contribution in [1.29, 1.82) is 0 Å². The monoisotopic (exact) mass is 198 g/mol. The number of carboxylic acids is 1. The summed E-state index contributed by atoms with van der Waals surface area (Å²) in [7, 11) is 0. The molecular weight excluding hydrogens is 188 g/mol. The number of thiophene rings is 1. The molecule has 0 bridgehead atoms. The molecule has 0 unspecified atom stereocenters. The zero-order chi connectivity index (χ0) is 9.84. The lowest BCUT2D eigenvalue weighted by Crippen LogP contribution is -2.13. The van der Waals surface area contributed by atoms with E-state index in [1.807, 2.05) is 0 Å². The molecule has 1 rings (SSSR count). The zero-order valence-electron chi connectivity index (χ0n) is 7.19. The maximum Gasteiger partial charge on any atom is 0.306 e. The fourth-order valence-electron chi connectivity index (χ4n) is 0.903. The van der Waals surface area contributed by atoms with E-state index in [0.717, 1.165) is 0 Å². The number of hydrogen-bond donors (Lipinski definition) is 1. The van der Waals surface area contributed by atoms with Gasteiger partial charge in [-0.1, -0.05) is 13.0 Å². The maximum atomic E-state index is 11.4. The molecule has 0 aliphatic rings. The highest BCUT2D eigenvalue weighted by Crippen LogP contribution is 2.14. The van der Waals surface area contributed by atoms with Crippen molar-refractivity contribution in [2.75, 3.05) is 0 Å². The smallest absolute Gasteiger partial charge is 0.306 e. The standard InChI is InChI=1S/C9H10O3S/c1-6(9(11)12)5-7(10)8-3-2-4-13-8/h2-4,6H,5H2,1H3,(H,11,12)/t6-/m0/s1. The van der Waals surface area contributed by atoms with E-state index in [4.69, 9.17) is 5.11 Å². The average molecular weight is 198 g/mol.